The van der Waals surface area contributed by atoms with Gasteiger partial charge in [-0.3, -0.25) is 4.79 Å². The van der Waals surface area contributed by atoms with E-state index in [-0.39, 0.29) is 11.8 Å². The molecule has 1 aliphatic heterocycles. The van der Waals surface area contributed by atoms with Crippen LogP contribution < -0.4 is 5.32 Å². The van der Waals surface area contributed by atoms with E-state index >= 15 is 0 Å². The molecule has 1 rings (SSSR count). The van der Waals surface area contributed by atoms with Crippen molar-refractivity contribution in [3.05, 3.63) is 0 Å². The highest BCUT2D eigenvalue weighted by molar-refractivity contribution is 5.80. The molecule has 1 saturated heterocycles. The first-order valence-electron chi connectivity index (χ1n) is 3.54. The summed E-state index contributed by atoms with van der Waals surface area (Å²) in [7, 11) is 0. The first-order chi connectivity index (χ1) is 4.24. The van der Waals surface area contributed by atoms with Crippen molar-refractivity contribution < 1.29 is 4.79 Å². The molecule has 2 heteroatoms. The average Bonchev–Trinajstić information content (AvgIpc) is 2.13. The SMILES string of the molecule is CC[C@@H]1C[C@H](C)C(=O)N1. The number of nitrogens with one attached hydrogen (secondary N) is 1. The lowest BCUT2D eigenvalue weighted by Gasteiger charge is -2.02. The molecule has 1 aliphatic rings. The van der Waals surface area contributed by atoms with Crippen molar-refractivity contribution in [2.75, 3.05) is 0 Å². The Balaban J connectivity index is 2.44. The van der Waals surface area contributed by atoms with Gasteiger partial charge in [-0.05, 0) is 12.8 Å². The van der Waals surface area contributed by atoms with Crippen molar-refractivity contribution in [2.24, 2.45) is 5.92 Å². The van der Waals surface area contributed by atoms with Crippen LogP contribution >= 0.6 is 0 Å². The molecular formula is C7H13NO. The molecule has 0 aromatic carbocycles. The summed E-state index contributed by atoms with van der Waals surface area (Å²) in [5.74, 6) is 0.469. The van der Waals surface area contributed by atoms with E-state index in [1.54, 1.807) is 0 Å². The standard InChI is InChI=1S/C7H13NO/c1-3-6-4-5(2)7(9)8-6/h5-6H,3-4H2,1-2H3,(H,8,9)/t5-,6+/m0/s1. The summed E-state index contributed by atoms with van der Waals surface area (Å²) < 4.78 is 0. The van der Waals surface area contributed by atoms with Crippen LogP contribution in [0, 0.1) is 5.92 Å². The Morgan fingerprint density at radius 1 is 1.78 bits per heavy atom. The van der Waals surface area contributed by atoms with Gasteiger partial charge in [0.05, 0.1) is 0 Å². The molecule has 0 bridgehead atoms. The smallest absolute Gasteiger partial charge is 0.223 e. The lowest BCUT2D eigenvalue weighted by atomic mass is 10.1. The molecule has 52 valence electrons. The normalized spacial score (nSPS) is 34.7. The maximum absolute atomic E-state index is 10.8. The molecule has 9 heavy (non-hydrogen) atoms. The molecule has 0 radical (unpaired) electrons. The molecule has 0 unspecified atom stereocenters. The van der Waals surface area contributed by atoms with Gasteiger partial charge < -0.3 is 5.32 Å². The molecule has 0 spiro atoms. The minimum Gasteiger partial charge on any atom is -0.353 e. The lowest BCUT2D eigenvalue weighted by molar-refractivity contribution is -0.122. The van der Waals surface area contributed by atoms with E-state index in [1.807, 2.05) is 6.92 Å². The monoisotopic (exact) mass is 127 g/mol. The van der Waals surface area contributed by atoms with Crippen LogP contribution in [0.1, 0.15) is 26.7 Å². The quantitative estimate of drug-likeness (QED) is 0.557. The predicted molar refractivity (Wildman–Crippen MR) is 36.0 cm³/mol. The molecule has 1 heterocycles. The summed E-state index contributed by atoms with van der Waals surface area (Å²) in [6.45, 7) is 4.08. The number of hydrogen-bond donors (Lipinski definition) is 1. The van der Waals surface area contributed by atoms with Gasteiger partial charge in [0.15, 0.2) is 0 Å². The Hall–Kier alpha value is -0.530. The summed E-state index contributed by atoms with van der Waals surface area (Å²) in [6.07, 6.45) is 2.09. The summed E-state index contributed by atoms with van der Waals surface area (Å²) in [5.41, 5.74) is 0. The number of amides is 1. The molecule has 0 saturated carbocycles. The van der Waals surface area contributed by atoms with E-state index in [0.29, 0.717) is 6.04 Å². The van der Waals surface area contributed by atoms with Crippen LogP contribution in [0.3, 0.4) is 0 Å². The van der Waals surface area contributed by atoms with Gasteiger partial charge >= 0.3 is 0 Å². The summed E-state index contributed by atoms with van der Waals surface area (Å²) >= 11 is 0. The molecule has 0 aromatic heterocycles. The third-order valence-corrected chi connectivity index (χ3v) is 1.92. The Bertz CT molecular complexity index is 122. The largest absolute Gasteiger partial charge is 0.353 e. The van der Waals surface area contributed by atoms with Gasteiger partial charge in [0, 0.05) is 12.0 Å². The molecule has 1 N–H and O–H groups in total. The van der Waals surface area contributed by atoms with Gasteiger partial charge in [0.1, 0.15) is 0 Å². The van der Waals surface area contributed by atoms with Gasteiger partial charge in [-0.25, -0.2) is 0 Å². The Morgan fingerprint density at radius 3 is 2.67 bits per heavy atom. The van der Waals surface area contributed by atoms with Crippen molar-refractivity contribution in [2.45, 2.75) is 32.7 Å². The molecule has 1 fully saturated rings. The van der Waals surface area contributed by atoms with E-state index in [2.05, 4.69) is 12.2 Å². The van der Waals surface area contributed by atoms with Crippen molar-refractivity contribution >= 4 is 5.91 Å². The number of carbonyl (C=O) groups excluding carboxylic acids is 1. The number of hydrogen-bond acceptors (Lipinski definition) is 1. The summed E-state index contributed by atoms with van der Waals surface area (Å²) in [5, 5.41) is 2.91. The van der Waals surface area contributed by atoms with E-state index in [1.165, 1.54) is 0 Å². The molecule has 1 amide bonds. The van der Waals surface area contributed by atoms with E-state index in [4.69, 9.17) is 0 Å². The Labute approximate surface area is 55.6 Å². The minimum absolute atomic E-state index is 0.224. The van der Waals surface area contributed by atoms with Crippen molar-refractivity contribution in [3.8, 4) is 0 Å². The highest BCUT2D eigenvalue weighted by Crippen LogP contribution is 2.15. The van der Waals surface area contributed by atoms with Crippen LogP contribution in [0.4, 0.5) is 0 Å². The van der Waals surface area contributed by atoms with Gasteiger partial charge in [0.25, 0.3) is 0 Å². The number of rotatable bonds is 1. The van der Waals surface area contributed by atoms with Crippen molar-refractivity contribution in [1.82, 2.24) is 5.32 Å². The fourth-order valence-corrected chi connectivity index (χ4v) is 1.20. The second-order valence-electron chi connectivity index (χ2n) is 2.75. The van der Waals surface area contributed by atoms with E-state index < -0.39 is 0 Å². The predicted octanol–water partition coefficient (Wildman–Crippen LogP) is 0.921. The molecule has 0 aliphatic carbocycles. The molecular weight excluding hydrogens is 114 g/mol. The summed E-state index contributed by atoms with van der Waals surface area (Å²) in [4.78, 5) is 10.8. The average molecular weight is 127 g/mol. The zero-order valence-electron chi connectivity index (χ0n) is 5.98. The zero-order valence-corrected chi connectivity index (χ0v) is 5.98. The highest BCUT2D eigenvalue weighted by atomic mass is 16.2. The van der Waals surface area contributed by atoms with Crippen LogP contribution in [0.2, 0.25) is 0 Å². The zero-order chi connectivity index (χ0) is 6.85. The summed E-state index contributed by atoms with van der Waals surface area (Å²) in [6, 6.07) is 0.451. The molecule has 0 aromatic rings. The third kappa shape index (κ3) is 1.23. The molecule has 2 atom stereocenters. The van der Waals surface area contributed by atoms with Crippen molar-refractivity contribution in [3.63, 3.8) is 0 Å². The number of carbonyl (C=O) groups is 1. The van der Waals surface area contributed by atoms with Gasteiger partial charge in [-0.15, -0.1) is 0 Å². The Morgan fingerprint density at radius 2 is 2.44 bits per heavy atom. The van der Waals surface area contributed by atoms with Gasteiger partial charge in [-0.2, -0.15) is 0 Å². The van der Waals surface area contributed by atoms with Crippen molar-refractivity contribution in [1.29, 1.82) is 0 Å². The highest BCUT2D eigenvalue weighted by Gasteiger charge is 2.26. The fraction of sp³-hybridized carbons (Fsp3) is 0.857. The van der Waals surface area contributed by atoms with Crippen LogP contribution in [-0.4, -0.2) is 11.9 Å². The van der Waals surface area contributed by atoms with Crippen LogP contribution in [-0.2, 0) is 4.79 Å². The maximum atomic E-state index is 10.8. The van der Waals surface area contributed by atoms with E-state index in [0.717, 1.165) is 12.8 Å². The fourth-order valence-electron chi connectivity index (χ4n) is 1.20. The van der Waals surface area contributed by atoms with Crippen LogP contribution in [0.5, 0.6) is 0 Å². The van der Waals surface area contributed by atoms with Crippen LogP contribution in [0.15, 0.2) is 0 Å². The second-order valence-corrected chi connectivity index (χ2v) is 2.75. The first-order valence-corrected chi connectivity index (χ1v) is 3.54. The Kier molecular flexibility index (Phi) is 1.74. The third-order valence-electron chi connectivity index (χ3n) is 1.92. The minimum atomic E-state index is 0.224. The lowest BCUT2D eigenvalue weighted by Crippen LogP contribution is -2.25. The van der Waals surface area contributed by atoms with Gasteiger partial charge in [0.2, 0.25) is 5.91 Å². The van der Waals surface area contributed by atoms with E-state index in [9.17, 15) is 4.79 Å². The first kappa shape index (κ1) is 6.59. The second kappa shape index (κ2) is 2.38. The maximum Gasteiger partial charge on any atom is 0.223 e. The van der Waals surface area contributed by atoms with Gasteiger partial charge in [-0.1, -0.05) is 13.8 Å². The molecule has 2 nitrogen and oxygen atoms in total. The topological polar surface area (TPSA) is 29.1 Å². The van der Waals surface area contributed by atoms with Crippen LogP contribution in [0.25, 0.3) is 0 Å².